The van der Waals surface area contributed by atoms with Crippen molar-refractivity contribution in [2.24, 2.45) is 5.73 Å². The molecule has 0 bridgehead atoms. The molecule has 38 valence electrons. The van der Waals surface area contributed by atoms with Gasteiger partial charge >= 0.3 is 0 Å². The number of halogens is 1. The predicted octanol–water partition coefficient (Wildman–Crippen LogP) is 0.910. The molecule has 3 N–H and O–H groups in total. The van der Waals surface area contributed by atoms with Gasteiger partial charge in [-0.1, -0.05) is 6.92 Å². The van der Waals surface area contributed by atoms with E-state index in [4.69, 9.17) is 11.1 Å². The Bertz CT molecular complexity index is 44.1. The molecular formula is C3H9BrN2. The van der Waals surface area contributed by atoms with E-state index in [1.165, 1.54) is 0 Å². The smallest absolute Gasteiger partial charge is 0.0902 e. The van der Waals surface area contributed by atoms with Gasteiger partial charge in [0.1, 0.15) is 0 Å². The van der Waals surface area contributed by atoms with Gasteiger partial charge in [-0.25, -0.2) is 0 Å². The second kappa shape index (κ2) is 4.95. The lowest BCUT2D eigenvalue weighted by Gasteiger charge is -1.79. The van der Waals surface area contributed by atoms with Crippen molar-refractivity contribution in [3.63, 3.8) is 0 Å². The molecule has 0 saturated heterocycles. The zero-order chi connectivity index (χ0) is 4.28. The first-order valence-corrected chi connectivity index (χ1v) is 1.60. The fourth-order valence-corrected chi connectivity index (χ4v) is 0. The molecule has 0 aromatic rings. The van der Waals surface area contributed by atoms with Crippen LogP contribution in [0.3, 0.4) is 0 Å². The highest BCUT2D eigenvalue weighted by atomic mass is 79.9. The van der Waals surface area contributed by atoms with Crippen molar-refractivity contribution in [3.8, 4) is 0 Å². The molecule has 0 aliphatic rings. The number of hydrogen-bond donors (Lipinski definition) is 2. The van der Waals surface area contributed by atoms with Gasteiger partial charge in [-0.3, -0.25) is 5.41 Å². The molecule has 6 heavy (non-hydrogen) atoms. The van der Waals surface area contributed by atoms with E-state index in [2.05, 4.69) is 0 Å². The summed E-state index contributed by atoms with van der Waals surface area (Å²) >= 11 is 0. The highest BCUT2D eigenvalue weighted by molar-refractivity contribution is 8.93. The van der Waals surface area contributed by atoms with Gasteiger partial charge < -0.3 is 5.73 Å². The average molecular weight is 153 g/mol. The summed E-state index contributed by atoms with van der Waals surface area (Å²) in [6.45, 7) is 1.85. The van der Waals surface area contributed by atoms with Crippen LogP contribution in [-0.4, -0.2) is 5.84 Å². The van der Waals surface area contributed by atoms with E-state index in [1.807, 2.05) is 6.92 Å². The lowest BCUT2D eigenvalue weighted by atomic mass is 10.5. The first kappa shape index (κ1) is 9.34. The van der Waals surface area contributed by atoms with Crippen molar-refractivity contribution >= 4 is 22.8 Å². The van der Waals surface area contributed by atoms with E-state index < -0.39 is 0 Å². The van der Waals surface area contributed by atoms with Gasteiger partial charge in [0.15, 0.2) is 0 Å². The van der Waals surface area contributed by atoms with E-state index in [0.717, 1.165) is 0 Å². The minimum absolute atomic E-state index is 0. The molecular weight excluding hydrogens is 144 g/mol. The molecule has 0 unspecified atom stereocenters. The maximum Gasteiger partial charge on any atom is 0.0902 e. The summed E-state index contributed by atoms with van der Waals surface area (Å²) in [4.78, 5) is 0. The first-order chi connectivity index (χ1) is 2.27. The topological polar surface area (TPSA) is 49.9 Å². The second-order valence-electron chi connectivity index (χ2n) is 0.879. The van der Waals surface area contributed by atoms with Gasteiger partial charge in [0.2, 0.25) is 0 Å². The van der Waals surface area contributed by atoms with Crippen molar-refractivity contribution in [1.29, 1.82) is 5.41 Å². The Balaban J connectivity index is 0. The molecule has 0 radical (unpaired) electrons. The molecule has 0 spiro atoms. The minimum Gasteiger partial charge on any atom is -0.388 e. The molecule has 3 heteroatoms. The Morgan fingerprint density at radius 2 is 2.00 bits per heavy atom. The van der Waals surface area contributed by atoms with E-state index in [-0.39, 0.29) is 22.8 Å². The highest BCUT2D eigenvalue weighted by Crippen LogP contribution is 1.64. The van der Waals surface area contributed by atoms with E-state index in [0.29, 0.717) is 6.42 Å². The van der Waals surface area contributed by atoms with Crippen LogP contribution in [0.15, 0.2) is 0 Å². The Morgan fingerprint density at radius 3 is 2.00 bits per heavy atom. The van der Waals surface area contributed by atoms with Crippen molar-refractivity contribution in [2.75, 3.05) is 0 Å². The van der Waals surface area contributed by atoms with Crippen LogP contribution in [0.5, 0.6) is 0 Å². The van der Waals surface area contributed by atoms with Gasteiger partial charge in [0, 0.05) is 6.42 Å². The summed E-state index contributed by atoms with van der Waals surface area (Å²) in [7, 11) is 0. The van der Waals surface area contributed by atoms with E-state index in [9.17, 15) is 0 Å². The van der Waals surface area contributed by atoms with Crippen molar-refractivity contribution in [1.82, 2.24) is 0 Å². The SMILES string of the molecule is Br.CCC(=N)N. The van der Waals surface area contributed by atoms with E-state index in [1.54, 1.807) is 0 Å². The molecule has 0 aromatic heterocycles. The highest BCUT2D eigenvalue weighted by Gasteiger charge is 1.70. The monoisotopic (exact) mass is 152 g/mol. The maximum absolute atomic E-state index is 6.52. The number of rotatable bonds is 1. The summed E-state index contributed by atoms with van der Waals surface area (Å²) in [5.74, 6) is 0.255. The summed E-state index contributed by atoms with van der Waals surface area (Å²) in [6, 6.07) is 0. The molecule has 0 aliphatic carbocycles. The lowest BCUT2D eigenvalue weighted by Crippen LogP contribution is -2.05. The van der Waals surface area contributed by atoms with Gasteiger partial charge in [-0.2, -0.15) is 0 Å². The largest absolute Gasteiger partial charge is 0.388 e. The predicted molar refractivity (Wildman–Crippen MR) is 32.5 cm³/mol. The summed E-state index contributed by atoms with van der Waals surface area (Å²) < 4.78 is 0. The van der Waals surface area contributed by atoms with Crippen molar-refractivity contribution < 1.29 is 0 Å². The van der Waals surface area contributed by atoms with Crippen LogP contribution in [0.25, 0.3) is 0 Å². The third kappa shape index (κ3) is 9.04. The Morgan fingerprint density at radius 1 is 1.83 bits per heavy atom. The van der Waals surface area contributed by atoms with Crippen LogP contribution >= 0.6 is 17.0 Å². The van der Waals surface area contributed by atoms with Gasteiger partial charge in [0.25, 0.3) is 0 Å². The lowest BCUT2D eigenvalue weighted by molar-refractivity contribution is 1.21. The van der Waals surface area contributed by atoms with Crippen LogP contribution in [0.4, 0.5) is 0 Å². The minimum atomic E-state index is 0. The zero-order valence-corrected chi connectivity index (χ0v) is 5.41. The third-order valence-corrected chi connectivity index (χ3v) is 0.381. The summed E-state index contributed by atoms with van der Waals surface area (Å²) in [5.41, 5.74) is 4.88. The molecule has 0 aliphatic heterocycles. The fourth-order valence-electron chi connectivity index (χ4n) is 0. The van der Waals surface area contributed by atoms with Gasteiger partial charge in [0.05, 0.1) is 5.84 Å². The zero-order valence-electron chi connectivity index (χ0n) is 3.69. The number of nitrogens with one attached hydrogen (secondary N) is 1. The van der Waals surface area contributed by atoms with Crippen molar-refractivity contribution in [2.45, 2.75) is 13.3 Å². The van der Waals surface area contributed by atoms with Gasteiger partial charge in [-0.15, -0.1) is 17.0 Å². The molecule has 0 fully saturated rings. The van der Waals surface area contributed by atoms with Crippen LogP contribution in [0.2, 0.25) is 0 Å². The first-order valence-electron chi connectivity index (χ1n) is 1.60. The maximum atomic E-state index is 6.52. The van der Waals surface area contributed by atoms with Crippen LogP contribution in [0, 0.1) is 5.41 Å². The van der Waals surface area contributed by atoms with Crippen LogP contribution in [-0.2, 0) is 0 Å². The summed E-state index contributed by atoms with van der Waals surface area (Å²) in [5, 5.41) is 6.52. The van der Waals surface area contributed by atoms with Gasteiger partial charge in [-0.05, 0) is 0 Å². The Kier molecular flexibility index (Phi) is 7.71. The molecule has 0 amide bonds. The van der Waals surface area contributed by atoms with Crippen LogP contribution < -0.4 is 5.73 Å². The molecule has 0 saturated carbocycles. The quantitative estimate of drug-likeness (QED) is 0.426. The molecule has 0 heterocycles. The summed E-state index contributed by atoms with van der Waals surface area (Å²) in [6.07, 6.45) is 0.667. The molecule has 0 rings (SSSR count). The number of amidine groups is 1. The van der Waals surface area contributed by atoms with E-state index >= 15 is 0 Å². The van der Waals surface area contributed by atoms with Crippen LogP contribution in [0.1, 0.15) is 13.3 Å². The normalized spacial score (nSPS) is 6.17. The Labute approximate surface area is 48.0 Å². The third-order valence-electron chi connectivity index (χ3n) is 0.381. The standard InChI is InChI=1S/C3H8N2.BrH/c1-2-3(4)5;/h2H2,1H3,(H3,4,5);1H. The molecule has 0 aromatic carbocycles. The average Bonchev–Trinajstić information content (AvgIpc) is 1.38. The Hall–Kier alpha value is -0.0500. The number of hydrogen-bond acceptors (Lipinski definition) is 1. The second-order valence-corrected chi connectivity index (χ2v) is 0.879. The number of nitrogens with two attached hydrogens (primary N) is 1. The fraction of sp³-hybridized carbons (Fsp3) is 0.667. The molecule has 0 atom stereocenters. The van der Waals surface area contributed by atoms with Crippen molar-refractivity contribution in [3.05, 3.63) is 0 Å². The molecule has 2 nitrogen and oxygen atoms in total.